The van der Waals surface area contributed by atoms with Gasteiger partial charge in [0, 0.05) is 0 Å². The van der Waals surface area contributed by atoms with Crippen LogP contribution in [0, 0.1) is 0 Å². The first-order valence-electron chi connectivity index (χ1n) is 20.6. The van der Waals surface area contributed by atoms with Crippen molar-refractivity contribution in [1.82, 2.24) is 5.32 Å². The molecular formula is C41H81NO5. The van der Waals surface area contributed by atoms with Crippen LogP contribution in [0.4, 0.5) is 0 Å². The predicted molar refractivity (Wildman–Crippen MR) is 201 cm³/mol. The van der Waals surface area contributed by atoms with E-state index in [1.807, 2.05) is 0 Å². The molecule has 0 heterocycles. The maximum absolute atomic E-state index is 12.5. The zero-order valence-corrected chi connectivity index (χ0v) is 31.3. The summed E-state index contributed by atoms with van der Waals surface area (Å²) in [5.41, 5.74) is 0. The first kappa shape index (κ1) is 46.0. The third kappa shape index (κ3) is 32.0. The predicted octanol–water partition coefficient (Wildman–Crippen LogP) is 10.2. The van der Waals surface area contributed by atoms with Gasteiger partial charge in [-0.25, -0.2) is 0 Å². The Kier molecular flexibility index (Phi) is 35.6. The summed E-state index contributed by atoms with van der Waals surface area (Å²) >= 11 is 0. The first-order valence-corrected chi connectivity index (χ1v) is 20.6. The van der Waals surface area contributed by atoms with Crippen molar-refractivity contribution < 1.29 is 25.2 Å². The van der Waals surface area contributed by atoms with E-state index < -0.39 is 30.3 Å². The van der Waals surface area contributed by atoms with Crippen LogP contribution in [0.25, 0.3) is 0 Å². The van der Waals surface area contributed by atoms with E-state index in [0.29, 0.717) is 12.8 Å². The minimum atomic E-state index is -1.11. The Hall–Kier alpha value is -0.950. The molecule has 0 aromatic carbocycles. The fourth-order valence-corrected chi connectivity index (χ4v) is 6.39. The molecule has 0 aromatic heterocycles. The van der Waals surface area contributed by atoms with E-state index in [0.717, 1.165) is 38.5 Å². The Morgan fingerprint density at radius 2 is 0.894 bits per heavy atom. The summed E-state index contributed by atoms with van der Waals surface area (Å²) in [6, 6.07) is -0.691. The van der Waals surface area contributed by atoms with Crippen molar-refractivity contribution in [2.45, 2.75) is 237 Å². The zero-order valence-electron chi connectivity index (χ0n) is 31.3. The summed E-state index contributed by atoms with van der Waals surface area (Å²) in [7, 11) is 0. The molecule has 0 unspecified atom stereocenters. The summed E-state index contributed by atoms with van der Waals surface area (Å²) in [4.78, 5) is 12.5. The molecule has 0 bridgehead atoms. The quantitative estimate of drug-likeness (QED) is 0.0335. The highest BCUT2D eigenvalue weighted by Crippen LogP contribution is 2.16. The van der Waals surface area contributed by atoms with Crippen LogP contribution in [0.5, 0.6) is 0 Å². The van der Waals surface area contributed by atoms with E-state index in [2.05, 4.69) is 31.3 Å². The number of rotatable bonds is 37. The molecule has 0 spiro atoms. The number of carbonyl (C=O) groups is 1. The number of nitrogens with one attached hydrogen (secondary N) is 1. The van der Waals surface area contributed by atoms with Crippen LogP contribution >= 0.6 is 0 Å². The first-order chi connectivity index (χ1) is 23.0. The lowest BCUT2D eigenvalue weighted by Gasteiger charge is -2.24. The monoisotopic (exact) mass is 668 g/mol. The topological polar surface area (TPSA) is 110 Å². The molecule has 47 heavy (non-hydrogen) atoms. The maximum atomic E-state index is 12.5. The number of hydrogen-bond donors (Lipinski definition) is 5. The van der Waals surface area contributed by atoms with Crippen molar-refractivity contribution >= 4 is 5.91 Å². The van der Waals surface area contributed by atoms with E-state index in [1.165, 1.54) is 141 Å². The van der Waals surface area contributed by atoms with Gasteiger partial charge in [0.05, 0.1) is 24.9 Å². The number of aliphatic hydroxyl groups is 4. The number of carbonyl (C=O) groups excluding carboxylic acids is 1. The lowest BCUT2D eigenvalue weighted by Crippen LogP contribution is -2.46. The zero-order chi connectivity index (χ0) is 34.6. The standard InChI is InChI=1S/C41H81NO5/c1-3-5-7-9-11-13-15-17-18-19-20-21-22-24-26-28-30-32-34-39(45)41(47)42-37(36-43)35-40(46)38(44)33-31-29-27-25-23-16-14-12-10-8-6-4-2/h25,27,37-40,43-46H,3-24,26,28-36H2,1-2H3,(H,42,47)/t37-,38-,39-,40+/m1/s1. The number of amides is 1. The van der Waals surface area contributed by atoms with Gasteiger partial charge in [0.2, 0.25) is 5.91 Å². The van der Waals surface area contributed by atoms with Crippen LogP contribution < -0.4 is 5.32 Å². The molecular weight excluding hydrogens is 586 g/mol. The van der Waals surface area contributed by atoms with Gasteiger partial charge in [-0.15, -0.1) is 0 Å². The molecule has 0 saturated heterocycles. The Morgan fingerprint density at radius 3 is 1.32 bits per heavy atom. The maximum Gasteiger partial charge on any atom is 0.249 e. The Bertz CT molecular complexity index is 672. The highest BCUT2D eigenvalue weighted by molar-refractivity contribution is 5.80. The second kappa shape index (κ2) is 36.3. The third-order valence-electron chi connectivity index (χ3n) is 9.68. The summed E-state index contributed by atoms with van der Waals surface area (Å²) in [6.07, 6.45) is 37.6. The Labute approximate surface area is 292 Å². The van der Waals surface area contributed by atoms with Crippen LogP contribution in [0.2, 0.25) is 0 Å². The molecule has 1 amide bonds. The third-order valence-corrected chi connectivity index (χ3v) is 9.68. The van der Waals surface area contributed by atoms with Gasteiger partial charge < -0.3 is 25.7 Å². The number of allylic oxidation sites excluding steroid dienone is 2. The SMILES string of the molecule is CCCCCCCCCC=CCCC[C@@H](O)[C@@H](O)C[C@H](CO)NC(=O)[C@H](O)CCCCCCCCCCCCCCCCCCCC. The van der Waals surface area contributed by atoms with E-state index >= 15 is 0 Å². The molecule has 0 radical (unpaired) electrons. The molecule has 0 saturated carbocycles. The van der Waals surface area contributed by atoms with Crippen LogP contribution in [0.3, 0.4) is 0 Å². The lowest BCUT2D eigenvalue weighted by molar-refractivity contribution is -0.131. The second-order valence-electron chi connectivity index (χ2n) is 14.4. The van der Waals surface area contributed by atoms with Gasteiger partial charge in [0.1, 0.15) is 6.10 Å². The van der Waals surface area contributed by atoms with Gasteiger partial charge >= 0.3 is 0 Å². The van der Waals surface area contributed by atoms with Crippen LogP contribution in [-0.2, 0) is 4.79 Å². The number of unbranched alkanes of at least 4 members (excludes halogenated alkanes) is 25. The summed E-state index contributed by atoms with van der Waals surface area (Å²) < 4.78 is 0. The van der Waals surface area contributed by atoms with Gasteiger partial charge in [0.15, 0.2) is 0 Å². The summed E-state index contributed by atoms with van der Waals surface area (Å²) in [5, 5.41) is 43.5. The number of aliphatic hydroxyl groups excluding tert-OH is 4. The summed E-state index contributed by atoms with van der Waals surface area (Å²) in [5.74, 6) is -0.510. The minimum Gasteiger partial charge on any atom is -0.394 e. The summed E-state index contributed by atoms with van der Waals surface area (Å²) in [6.45, 7) is 4.17. The second-order valence-corrected chi connectivity index (χ2v) is 14.4. The normalized spacial score (nSPS) is 14.4. The van der Waals surface area contributed by atoms with Crippen molar-refractivity contribution in [1.29, 1.82) is 0 Å². The van der Waals surface area contributed by atoms with Gasteiger partial charge in [-0.05, 0) is 44.9 Å². The van der Waals surface area contributed by atoms with Crippen molar-refractivity contribution in [3.05, 3.63) is 12.2 Å². The highest BCUT2D eigenvalue weighted by atomic mass is 16.3. The fourth-order valence-electron chi connectivity index (χ4n) is 6.39. The largest absolute Gasteiger partial charge is 0.394 e. The molecule has 0 aliphatic rings. The lowest BCUT2D eigenvalue weighted by atomic mass is 10.00. The minimum absolute atomic E-state index is 0.0589. The van der Waals surface area contributed by atoms with Crippen molar-refractivity contribution in [3.8, 4) is 0 Å². The van der Waals surface area contributed by atoms with Gasteiger partial charge in [-0.3, -0.25) is 4.79 Å². The van der Waals surface area contributed by atoms with Crippen molar-refractivity contribution in [3.63, 3.8) is 0 Å². The molecule has 0 rings (SSSR count). The molecule has 6 heteroatoms. The van der Waals surface area contributed by atoms with E-state index in [4.69, 9.17) is 0 Å². The van der Waals surface area contributed by atoms with Gasteiger partial charge in [-0.2, -0.15) is 0 Å². The molecule has 5 N–H and O–H groups in total. The van der Waals surface area contributed by atoms with E-state index in [1.54, 1.807) is 0 Å². The molecule has 280 valence electrons. The van der Waals surface area contributed by atoms with Gasteiger partial charge in [-0.1, -0.05) is 180 Å². The highest BCUT2D eigenvalue weighted by Gasteiger charge is 2.24. The van der Waals surface area contributed by atoms with Crippen LogP contribution in [-0.4, -0.2) is 57.3 Å². The molecule has 0 aliphatic heterocycles. The molecule has 0 aliphatic carbocycles. The molecule has 6 nitrogen and oxygen atoms in total. The van der Waals surface area contributed by atoms with Gasteiger partial charge in [0.25, 0.3) is 0 Å². The Balaban J connectivity index is 3.75. The van der Waals surface area contributed by atoms with E-state index in [9.17, 15) is 25.2 Å². The smallest absolute Gasteiger partial charge is 0.249 e. The average Bonchev–Trinajstić information content (AvgIpc) is 3.07. The van der Waals surface area contributed by atoms with Crippen molar-refractivity contribution in [2.24, 2.45) is 0 Å². The van der Waals surface area contributed by atoms with Crippen LogP contribution in [0.1, 0.15) is 213 Å². The average molecular weight is 668 g/mol. The number of hydrogen-bond acceptors (Lipinski definition) is 5. The van der Waals surface area contributed by atoms with Crippen LogP contribution in [0.15, 0.2) is 12.2 Å². The Morgan fingerprint density at radius 1 is 0.511 bits per heavy atom. The van der Waals surface area contributed by atoms with E-state index in [-0.39, 0.29) is 13.0 Å². The fraction of sp³-hybridized carbons (Fsp3) is 0.927. The van der Waals surface area contributed by atoms with Crippen molar-refractivity contribution in [2.75, 3.05) is 6.61 Å². The molecule has 0 aromatic rings. The molecule has 0 fully saturated rings. The molecule has 4 atom stereocenters.